The Hall–Kier alpha value is -3.10. The predicted molar refractivity (Wildman–Crippen MR) is 165 cm³/mol. The molecule has 0 amide bonds. The van der Waals surface area contributed by atoms with Crippen LogP contribution in [0.25, 0.3) is 22.4 Å². The molecule has 210 valence electrons. The van der Waals surface area contributed by atoms with Crippen molar-refractivity contribution in [3.05, 3.63) is 69.7 Å². The van der Waals surface area contributed by atoms with Gasteiger partial charge in [-0.15, -0.1) is 0 Å². The van der Waals surface area contributed by atoms with Gasteiger partial charge in [-0.25, -0.2) is 4.98 Å². The van der Waals surface area contributed by atoms with Crippen LogP contribution in [0.2, 0.25) is 10.0 Å². The van der Waals surface area contributed by atoms with Crippen LogP contribution >= 0.6 is 23.2 Å². The monoisotopic (exact) mass is 579 g/mol. The Morgan fingerprint density at radius 3 is 2.05 bits per heavy atom. The van der Waals surface area contributed by atoms with Crippen LogP contribution in [-0.2, 0) is 6.42 Å². The minimum Gasteiger partial charge on any atom is -0.492 e. The largest absolute Gasteiger partial charge is 0.492 e. The van der Waals surface area contributed by atoms with Crippen molar-refractivity contribution in [1.29, 1.82) is 0 Å². The van der Waals surface area contributed by atoms with E-state index in [-0.39, 0.29) is 0 Å². The number of imidazole rings is 1. The number of aliphatic imine (C=N–C) groups is 1. The minimum atomic E-state index is 0.573. The van der Waals surface area contributed by atoms with E-state index in [1.165, 1.54) is 0 Å². The van der Waals surface area contributed by atoms with Crippen molar-refractivity contribution in [3.63, 3.8) is 0 Å². The smallest absolute Gasteiger partial charge is 0.140 e. The molecule has 0 bridgehead atoms. The SMILES string of the molecule is CN(C)CCCOc1cc2c(cc1Cl)CC(c1ccc(-c3nc4cc(OCCCN(C)C)c(Cl)cc4[nH]3)cc1)=N2. The average Bonchev–Trinajstić information content (AvgIpc) is 3.52. The predicted octanol–water partition coefficient (Wildman–Crippen LogP) is 6.87. The Bertz CT molecular complexity index is 1510. The van der Waals surface area contributed by atoms with Crippen molar-refractivity contribution in [1.82, 2.24) is 19.8 Å². The van der Waals surface area contributed by atoms with E-state index >= 15 is 0 Å². The highest BCUT2D eigenvalue weighted by Gasteiger charge is 2.19. The maximum absolute atomic E-state index is 6.51. The first-order chi connectivity index (χ1) is 19.3. The summed E-state index contributed by atoms with van der Waals surface area (Å²) in [6.45, 7) is 3.15. The molecule has 0 radical (unpaired) electrons. The molecule has 3 aromatic carbocycles. The van der Waals surface area contributed by atoms with Crippen LogP contribution < -0.4 is 9.47 Å². The van der Waals surface area contributed by atoms with Gasteiger partial charge in [0.05, 0.1) is 45.7 Å². The van der Waals surface area contributed by atoms with Crippen molar-refractivity contribution in [3.8, 4) is 22.9 Å². The van der Waals surface area contributed by atoms with Crippen molar-refractivity contribution >= 4 is 45.6 Å². The van der Waals surface area contributed by atoms with Gasteiger partial charge in [0.15, 0.2) is 0 Å². The van der Waals surface area contributed by atoms with Crippen LogP contribution in [0.5, 0.6) is 11.5 Å². The second-order valence-electron chi connectivity index (χ2n) is 10.6. The maximum atomic E-state index is 6.51. The molecule has 2 heterocycles. The van der Waals surface area contributed by atoms with E-state index in [0.29, 0.717) is 34.8 Å². The Morgan fingerprint density at radius 2 is 1.40 bits per heavy atom. The standard InChI is InChI=1S/C31H35Cl2N5O2/c1-37(2)11-5-13-39-29-18-26-22(15-23(29)32)16-25(34-26)20-7-9-21(10-8-20)31-35-27-17-24(33)30(19-28(27)36-31)40-14-6-12-38(3)4/h7-10,15,17-19H,5-6,11-14,16H2,1-4H3,(H,35,36). The van der Waals surface area contributed by atoms with Gasteiger partial charge in [0, 0.05) is 37.2 Å². The normalized spacial score (nSPS) is 12.8. The van der Waals surface area contributed by atoms with Gasteiger partial charge >= 0.3 is 0 Å². The second kappa shape index (κ2) is 12.6. The van der Waals surface area contributed by atoms with Gasteiger partial charge < -0.3 is 24.3 Å². The first-order valence-electron chi connectivity index (χ1n) is 13.5. The molecule has 0 saturated carbocycles. The lowest BCUT2D eigenvalue weighted by Gasteiger charge is -2.12. The average molecular weight is 581 g/mol. The van der Waals surface area contributed by atoms with E-state index in [4.69, 9.17) is 42.7 Å². The fourth-order valence-corrected chi connectivity index (χ4v) is 5.14. The molecule has 0 fully saturated rings. The summed E-state index contributed by atoms with van der Waals surface area (Å²) in [5.74, 6) is 2.12. The third-order valence-electron chi connectivity index (χ3n) is 6.79. The summed E-state index contributed by atoms with van der Waals surface area (Å²) in [7, 11) is 8.21. The summed E-state index contributed by atoms with van der Waals surface area (Å²) in [5.41, 5.74) is 6.78. The van der Waals surface area contributed by atoms with Crippen LogP contribution in [0.4, 0.5) is 5.69 Å². The number of nitrogens with one attached hydrogen (secondary N) is 1. The Morgan fingerprint density at radius 1 is 0.800 bits per heavy atom. The molecule has 40 heavy (non-hydrogen) atoms. The van der Waals surface area contributed by atoms with E-state index in [0.717, 1.165) is 77.3 Å². The maximum Gasteiger partial charge on any atom is 0.140 e. The van der Waals surface area contributed by atoms with Gasteiger partial charge in [-0.2, -0.15) is 0 Å². The van der Waals surface area contributed by atoms with Crippen LogP contribution in [0.3, 0.4) is 0 Å². The van der Waals surface area contributed by atoms with Gasteiger partial charge in [-0.05, 0) is 64.3 Å². The first-order valence-corrected chi connectivity index (χ1v) is 14.3. The summed E-state index contributed by atoms with van der Waals surface area (Å²) in [6, 6.07) is 16.0. The molecule has 1 N–H and O–H groups in total. The zero-order valence-corrected chi connectivity index (χ0v) is 24.9. The second-order valence-corrected chi connectivity index (χ2v) is 11.4. The molecule has 7 nitrogen and oxygen atoms in total. The number of aromatic amines is 1. The van der Waals surface area contributed by atoms with E-state index in [1.54, 1.807) is 0 Å². The Kier molecular flexibility index (Phi) is 8.96. The Labute approximate surface area is 245 Å². The number of ether oxygens (including phenoxy) is 2. The summed E-state index contributed by atoms with van der Waals surface area (Å²) >= 11 is 13.0. The lowest BCUT2D eigenvalue weighted by molar-refractivity contribution is 0.282. The van der Waals surface area contributed by atoms with Gasteiger partial charge in [0.25, 0.3) is 0 Å². The first kappa shape index (κ1) is 28.4. The number of benzene rings is 3. The number of halogens is 2. The van der Waals surface area contributed by atoms with E-state index < -0.39 is 0 Å². The van der Waals surface area contributed by atoms with Crippen molar-refractivity contribution < 1.29 is 9.47 Å². The molecule has 1 aliphatic rings. The highest BCUT2D eigenvalue weighted by Crippen LogP contribution is 2.38. The molecule has 0 aliphatic carbocycles. The van der Waals surface area contributed by atoms with Gasteiger partial charge in [0.1, 0.15) is 17.3 Å². The van der Waals surface area contributed by atoms with Crippen LogP contribution in [0, 0.1) is 0 Å². The van der Waals surface area contributed by atoms with Crippen LogP contribution in [0.1, 0.15) is 24.0 Å². The molecule has 0 unspecified atom stereocenters. The van der Waals surface area contributed by atoms with Gasteiger partial charge in [-0.3, -0.25) is 4.99 Å². The van der Waals surface area contributed by atoms with Gasteiger partial charge in [-0.1, -0.05) is 47.5 Å². The molecule has 5 rings (SSSR count). The van der Waals surface area contributed by atoms with Crippen molar-refractivity contribution in [2.24, 2.45) is 4.99 Å². The minimum absolute atomic E-state index is 0.573. The third-order valence-corrected chi connectivity index (χ3v) is 7.38. The fraction of sp³-hybridized carbons (Fsp3) is 0.355. The number of rotatable bonds is 12. The molecule has 1 aliphatic heterocycles. The molecule has 0 saturated heterocycles. The fourth-order valence-electron chi connectivity index (χ4n) is 4.68. The highest BCUT2D eigenvalue weighted by atomic mass is 35.5. The highest BCUT2D eigenvalue weighted by molar-refractivity contribution is 6.33. The number of hydrogen-bond acceptors (Lipinski definition) is 6. The quantitative estimate of drug-likeness (QED) is 0.185. The summed E-state index contributed by atoms with van der Waals surface area (Å²) in [4.78, 5) is 17.3. The number of fused-ring (bicyclic) bond motifs is 2. The number of aromatic nitrogens is 2. The summed E-state index contributed by atoms with van der Waals surface area (Å²) in [6.07, 6.45) is 2.59. The molecular weight excluding hydrogens is 545 g/mol. The van der Waals surface area contributed by atoms with Crippen molar-refractivity contribution in [2.75, 3.05) is 54.5 Å². The molecular formula is C31H35Cl2N5O2. The molecule has 9 heteroatoms. The van der Waals surface area contributed by atoms with Crippen LogP contribution in [0.15, 0.2) is 53.5 Å². The van der Waals surface area contributed by atoms with Crippen molar-refractivity contribution in [2.45, 2.75) is 19.3 Å². The van der Waals surface area contributed by atoms with E-state index in [2.05, 4.69) is 53.1 Å². The summed E-state index contributed by atoms with van der Waals surface area (Å²) < 4.78 is 11.8. The molecule has 4 aromatic rings. The number of H-pyrrole nitrogens is 1. The zero-order valence-electron chi connectivity index (χ0n) is 23.4. The van der Waals surface area contributed by atoms with E-state index in [1.807, 2.05) is 38.4 Å². The summed E-state index contributed by atoms with van der Waals surface area (Å²) in [5, 5.41) is 1.20. The number of nitrogens with zero attached hydrogens (tertiary/aromatic N) is 4. The molecule has 1 aromatic heterocycles. The molecule has 0 spiro atoms. The van der Waals surface area contributed by atoms with E-state index in [9.17, 15) is 0 Å². The topological polar surface area (TPSA) is 66.0 Å². The van der Waals surface area contributed by atoms with Gasteiger partial charge in [0.2, 0.25) is 0 Å². The lowest BCUT2D eigenvalue weighted by Crippen LogP contribution is -2.15. The molecule has 0 atom stereocenters. The third kappa shape index (κ3) is 6.78. The zero-order chi connectivity index (χ0) is 28.2. The van der Waals surface area contributed by atoms with Crippen LogP contribution in [-0.4, -0.2) is 80.0 Å². The number of hydrogen-bond donors (Lipinski definition) is 1. The lowest BCUT2D eigenvalue weighted by atomic mass is 10.0. The Balaban J connectivity index is 1.27.